The van der Waals surface area contributed by atoms with Crippen LogP contribution in [-0.4, -0.2) is 14.5 Å². The molecule has 0 spiro atoms. The molecule has 0 radical (unpaired) electrons. The van der Waals surface area contributed by atoms with Crippen LogP contribution in [0.3, 0.4) is 0 Å². The van der Waals surface area contributed by atoms with E-state index in [-0.39, 0.29) is 5.02 Å². The minimum Gasteiger partial charge on any atom is -0.330 e. The Bertz CT molecular complexity index is 795. The van der Waals surface area contributed by atoms with Gasteiger partial charge in [-0.2, -0.15) is 0 Å². The summed E-state index contributed by atoms with van der Waals surface area (Å²) in [6.45, 7) is 0.564. The van der Waals surface area contributed by atoms with E-state index in [0.717, 1.165) is 11.1 Å². The number of nitrogens with one attached hydrogen (secondary N) is 1. The second-order valence-electron chi connectivity index (χ2n) is 4.16. The van der Waals surface area contributed by atoms with Gasteiger partial charge in [0.25, 0.3) is 0 Å². The van der Waals surface area contributed by atoms with Crippen LogP contribution in [-0.2, 0) is 6.54 Å². The molecule has 3 nitrogen and oxygen atoms in total. The summed E-state index contributed by atoms with van der Waals surface area (Å²) < 4.78 is 15.8. The quantitative estimate of drug-likeness (QED) is 0.726. The predicted octanol–water partition coefficient (Wildman–Crippen LogP) is 3.93. The highest BCUT2D eigenvalue weighted by atomic mass is 35.5. The lowest BCUT2D eigenvalue weighted by Gasteiger charge is -2.04. The number of hydrogen-bond donors (Lipinski definition) is 1. The van der Waals surface area contributed by atoms with Gasteiger partial charge in [0.1, 0.15) is 5.82 Å². The lowest BCUT2D eigenvalue weighted by molar-refractivity contribution is 0.629. The molecule has 19 heavy (non-hydrogen) atoms. The predicted molar refractivity (Wildman–Crippen MR) is 75.4 cm³/mol. The van der Waals surface area contributed by atoms with Crippen LogP contribution < -0.4 is 0 Å². The van der Waals surface area contributed by atoms with E-state index in [9.17, 15) is 4.39 Å². The number of benzene rings is 1. The first kappa shape index (κ1) is 12.3. The van der Waals surface area contributed by atoms with Crippen molar-refractivity contribution in [3.63, 3.8) is 0 Å². The molecule has 0 saturated heterocycles. The van der Waals surface area contributed by atoms with Crippen LogP contribution in [0.5, 0.6) is 0 Å². The van der Waals surface area contributed by atoms with Gasteiger partial charge in [0, 0.05) is 18.5 Å². The molecule has 2 aromatic heterocycles. The maximum atomic E-state index is 13.4. The summed E-state index contributed by atoms with van der Waals surface area (Å²) in [5.74, 6) is -0.459. The number of hydrogen-bond acceptors (Lipinski definition) is 2. The number of imidazole rings is 1. The van der Waals surface area contributed by atoms with E-state index in [2.05, 4.69) is 9.97 Å². The molecular formula is C13H9ClFN3S. The van der Waals surface area contributed by atoms with Gasteiger partial charge in [0.15, 0.2) is 4.77 Å². The average Bonchev–Trinajstić information content (AvgIpc) is 2.68. The first-order chi connectivity index (χ1) is 9.15. The molecule has 0 aliphatic carbocycles. The molecule has 2 heterocycles. The van der Waals surface area contributed by atoms with Gasteiger partial charge in [0.05, 0.1) is 22.6 Å². The molecule has 3 aromatic rings. The fraction of sp³-hybridized carbons (Fsp3) is 0.0769. The number of aromatic amines is 1. The Morgan fingerprint density at radius 3 is 3.00 bits per heavy atom. The van der Waals surface area contributed by atoms with Crippen LogP contribution in [0.4, 0.5) is 4.39 Å². The van der Waals surface area contributed by atoms with Gasteiger partial charge in [-0.3, -0.25) is 4.98 Å². The Labute approximate surface area is 118 Å². The maximum Gasteiger partial charge on any atom is 0.178 e. The summed E-state index contributed by atoms with van der Waals surface area (Å²) in [6.07, 6.45) is 3.48. The third-order valence-corrected chi connectivity index (χ3v) is 3.49. The number of pyridine rings is 1. The van der Waals surface area contributed by atoms with E-state index in [0.29, 0.717) is 16.8 Å². The summed E-state index contributed by atoms with van der Waals surface area (Å²) in [4.78, 5) is 7.04. The van der Waals surface area contributed by atoms with E-state index in [1.807, 2.05) is 16.7 Å². The number of fused-ring (bicyclic) bond motifs is 1. The topological polar surface area (TPSA) is 33.6 Å². The van der Waals surface area contributed by atoms with E-state index in [1.54, 1.807) is 18.5 Å². The zero-order valence-corrected chi connectivity index (χ0v) is 11.3. The standard InChI is InChI=1S/C13H9ClFN3S/c14-9-4-12-11(5-10(9)15)17-13(19)18(12)7-8-2-1-3-16-6-8/h1-6H,7H2,(H,17,19). The minimum absolute atomic E-state index is 0.0847. The lowest BCUT2D eigenvalue weighted by atomic mass is 10.2. The molecule has 6 heteroatoms. The van der Waals surface area contributed by atoms with Crippen LogP contribution in [0.15, 0.2) is 36.7 Å². The molecule has 96 valence electrons. The molecule has 3 rings (SSSR count). The summed E-state index contributed by atoms with van der Waals surface area (Å²) in [5, 5.41) is 0.0847. The van der Waals surface area contributed by atoms with Crippen molar-refractivity contribution >= 4 is 34.9 Å². The second-order valence-corrected chi connectivity index (χ2v) is 4.95. The Morgan fingerprint density at radius 2 is 2.26 bits per heavy atom. The van der Waals surface area contributed by atoms with E-state index in [4.69, 9.17) is 23.8 Å². The molecule has 0 unspecified atom stereocenters. The van der Waals surface area contributed by atoms with Crippen molar-refractivity contribution in [2.75, 3.05) is 0 Å². The monoisotopic (exact) mass is 293 g/mol. The van der Waals surface area contributed by atoms with Crippen molar-refractivity contribution in [1.82, 2.24) is 14.5 Å². The lowest BCUT2D eigenvalue weighted by Crippen LogP contribution is -2.00. The second kappa shape index (κ2) is 4.75. The van der Waals surface area contributed by atoms with Crippen molar-refractivity contribution in [3.8, 4) is 0 Å². The van der Waals surface area contributed by atoms with Gasteiger partial charge in [-0.25, -0.2) is 4.39 Å². The summed E-state index contributed by atoms with van der Waals surface area (Å²) in [6, 6.07) is 6.75. The highest BCUT2D eigenvalue weighted by Crippen LogP contribution is 2.23. The molecule has 0 fully saturated rings. The highest BCUT2D eigenvalue weighted by Gasteiger charge is 2.09. The van der Waals surface area contributed by atoms with Crippen molar-refractivity contribution in [1.29, 1.82) is 0 Å². The zero-order valence-electron chi connectivity index (χ0n) is 9.73. The molecule has 0 bridgehead atoms. The smallest absolute Gasteiger partial charge is 0.178 e. The summed E-state index contributed by atoms with van der Waals surface area (Å²) in [5.41, 5.74) is 2.43. The third-order valence-electron chi connectivity index (χ3n) is 2.88. The van der Waals surface area contributed by atoms with Crippen molar-refractivity contribution in [2.24, 2.45) is 0 Å². The Morgan fingerprint density at radius 1 is 1.42 bits per heavy atom. The van der Waals surface area contributed by atoms with Crippen LogP contribution in [0.1, 0.15) is 5.56 Å². The summed E-state index contributed by atoms with van der Waals surface area (Å²) in [7, 11) is 0. The Hall–Kier alpha value is -1.72. The fourth-order valence-corrected chi connectivity index (χ4v) is 2.41. The van der Waals surface area contributed by atoms with E-state index < -0.39 is 5.82 Å². The van der Waals surface area contributed by atoms with Crippen LogP contribution >= 0.6 is 23.8 Å². The molecule has 0 aliphatic rings. The van der Waals surface area contributed by atoms with Crippen molar-refractivity contribution in [2.45, 2.75) is 6.54 Å². The molecule has 0 amide bonds. The first-order valence-corrected chi connectivity index (χ1v) is 6.40. The molecular weight excluding hydrogens is 285 g/mol. The van der Waals surface area contributed by atoms with Crippen molar-refractivity contribution in [3.05, 3.63) is 57.8 Å². The SMILES string of the molecule is Fc1cc2[nH]c(=S)n(Cc3cccnc3)c2cc1Cl. The average molecular weight is 294 g/mol. The molecule has 0 aliphatic heterocycles. The molecule has 0 saturated carbocycles. The van der Waals surface area contributed by atoms with Gasteiger partial charge in [-0.1, -0.05) is 17.7 Å². The van der Waals surface area contributed by atoms with E-state index >= 15 is 0 Å². The number of rotatable bonds is 2. The number of halogens is 2. The maximum absolute atomic E-state index is 13.4. The van der Waals surface area contributed by atoms with Gasteiger partial charge >= 0.3 is 0 Å². The van der Waals surface area contributed by atoms with Gasteiger partial charge < -0.3 is 9.55 Å². The largest absolute Gasteiger partial charge is 0.330 e. The van der Waals surface area contributed by atoms with Gasteiger partial charge in [0.2, 0.25) is 0 Å². The molecule has 0 atom stereocenters. The van der Waals surface area contributed by atoms with E-state index in [1.165, 1.54) is 6.07 Å². The highest BCUT2D eigenvalue weighted by molar-refractivity contribution is 7.71. The van der Waals surface area contributed by atoms with Crippen LogP contribution in [0, 0.1) is 10.6 Å². The number of H-pyrrole nitrogens is 1. The number of aromatic nitrogens is 3. The van der Waals surface area contributed by atoms with Crippen LogP contribution in [0.2, 0.25) is 5.02 Å². The fourth-order valence-electron chi connectivity index (χ4n) is 1.98. The third kappa shape index (κ3) is 2.27. The molecule has 1 N–H and O–H groups in total. The first-order valence-electron chi connectivity index (χ1n) is 5.61. The summed E-state index contributed by atoms with van der Waals surface area (Å²) >= 11 is 11.1. The zero-order chi connectivity index (χ0) is 13.4. The number of nitrogens with zero attached hydrogens (tertiary/aromatic N) is 2. The van der Waals surface area contributed by atoms with Gasteiger partial charge in [-0.15, -0.1) is 0 Å². The Balaban J connectivity index is 2.16. The normalized spacial score (nSPS) is 11.1. The van der Waals surface area contributed by atoms with Crippen LogP contribution in [0.25, 0.3) is 11.0 Å². The Kier molecular flexibility index (Phi) is 3.08. The minimum atomic E-state index is -0.459. The van der Waals surface area contributed by atoms with Gasteiger partial charge in [-0.05, 0) is 29.9 Å². The van der Waals surface area contributed by atoms with Crippen molar-refractivity contribution < 1.29 is 4.39 Å². The molecule has 1 aromatic carbocycles.